The monoisotopic (exact) mass is 642 g/mol. The van der Waals surface area contributed by atoms with Gasteiger partial charge in [0, 0.05) is 30.1 Å². The molecule has 0 radical (unpaired) electrons. The lowest BCUT2D eigenvalue weighted by molar-refractivity contribution is -0.384. The molecule has 43 heavy (non-hydrogen) atoms. The Hall–Kier alpha value is -3.99. The van der Waals surface area contributed by atoms with Crippen molar-refractivity contribution in [3.8, 4) is 0 Å². The third-order valence-corrected chi connectivity index (χ3v) is 8.95. The fourth-order valence-electron chi connectivity index (χ4n) is 3.96. The van der Waals surface area contributed by atoms with Crippen molar-refractivity contribution in [3.05, 3.63) is 103 Å². The van der Waals surface area contributed by atoms with Crippen LogP contribution in [0.1, 0.15) is 11.8 Å². The molecule has 2 heterocycles. The number of amides is 1. The van der Waals surface area contributed by atoms with Gasteiger partial charge < -0.3 is 24.4 Å². The molecule has 20 heteroatoms. The number of aliphatic hydroxyl groups is 1. The molecule has 1 fully saturated rings. The maximum atomic E-state index is 12.5. The van der Waals surface area contributed by atoms with E-state index in [1.165, 1.54) is 0 Å². The maximum Gasteiger partial charge on any atom is 0.479 e. The quantitative estimate of drug-likeness (QED) is 0.114. The predicted molar refractivity (Wildman–Crippen MR) is 145 cm³/mol. The Labute approximate surface area is 240 Å². The number of aromatic nitrogens is 2. The normalized spacial score (nSPS) is 22.7. The van der Waals surface area contributed by atoms with Crippen LogP contribution in [-0.2, 0) is 33.6 Å². The number of non-ortho nitro benzene ring substituents is 1. The Morgan fingerprint density at radius 1 is 1.09 bits per heavy atom. The highest BCUT2D eigenvalue weighted by atomic mass is 31.3. The molecule has 2 unspecified atom stereocenters. The molecule has 6 atom stereocenters. The number of H-pyrrole nitrogens is 1. The minimum atomic E-state index is -5.30. The first-order valence-electron chi connectivity index (χ1n) is 12.1. The second-order valence-corrected chi connectivity index (χ2v) is 12.4. The zero-order valence-corrected chi connectivity index (χ0v) is 23.5. The molecule has 18 nitrogen and oxygen atoms in total. The Morgan fingerprint density at radius 3 is 2.40 bits per heavy atom. The van der Waals surface area contributed by atoms with E-state index in [2.05, 4.69) is 9.63 Å². The number of aliphatic hydroxyl groups excluding tert-OH is 1. The van der Waals surface area contributed by atoms with E-state index in [9.17, 15) is 48.5 Å². The molecule has 4 rings (SSSR count). The van der Waals surface area contributed by atoms with Crippen molar-refractivity contribution in [2.24, 2.45) is 0 Å². The summed E-state index contributed by atoms with van der Waals surface area (Å²) in [5.74, 6) is 0. The number of benzene rings is 2. The van der Waals surface area contributed by atoms with Crippen LogP contribution in [0.4, 0.5) is 16.2 Å². The molecule has 0 bridgehead atoms. The van der Waals surface area contributed by atoms with Gasteiger partial charge in [-0.1, -0.05) is 30.3 Å². The van der Waals surface area contributed by atoms with E-state index in [1.54, 1.807) is 30.3 Å². The highest BCUT2D eigenvalue weighted by Crippen LogP contribution is 2.61. The van der Waals surface area contributed by atoms with Crippen molar-refractivity contribution in [1.29, 1.82) is 0 Å². The lowest BCUT2D eigenvalue weighted by atomic mass is 10.1. The van der Waals surface area contributed by atoms with Crippen molar-refractivity contribution in [1.82, 2.24) is 9.55 Å². The molecule has 2 aromatic carbocycles. The van der Waals surface area contributed by atoms with E-state index in [0.29, 0.717) is 5.69 Å². The van der Waals surface area contributed by atoms with Crippen LogP contribution in [0, 0.1) is 10.1 Å². The van der Waals surface area contributed by atoms with Gasteiger partial charge in [0.15, 0.2) is 12.3 Å². The van der Waals surface area contributed by atoms with Gasteiger partial charge in [0.25, 0.3) is 11.2 Å². The number of phosphoric acid groups is 1. The van der Waals surface area contributed by atoms with Gasteiger partial charge >= 0.3 is 27.2 Å². The smallest absolute Gasteiger partial charge is 0.438 e. The predicted octanol–water partition coefficient (Wildman–Crippen LogP) is 1.84. The molecule has 3 aromatic rings. The fraction of sp³-hybridized carbons (Fsp3) is 0.261. The number of nitrogens with zero attached hydrogens (tertiary/aromatic N) is 2. The molecular formula is C23H24N4O14P2. The lowest BCUT2D eigenvalue weighted by Gasteiger charge is -2.22. The van der Waals surface area contributed by atoms with Gasteiger partial charge in [0.2, 0.25) is 0 Å². The summed E-state index contributed by atoms with van der Waals surface area (Å²) < 4.78 is 45.9. The first kappa shape index (κ1) is 31.9. The van der Waals surface area contributed by atoms with Gasteiger partial charge in [-0.25, -0.2) is 18.5 Å². The van der Waals surface area contributed by atoms with Crippen LogP contribution in [-0.4, -0.2) is 60.4 Å². The van der Waals surface area contributed by atoms with Gasteiger partial charge in [0.05, 0.1) is 17.7 Å². The third-order valence-electron chi connectivity index (χ3n) is 5.86. The SMILES string of the molecule is O=C(Nc1ccccc1)O[C@@H]1[C@H](O)[C@@H](COP(=O)(O)OP(=O)(O)Cc2ccc([N+](=O)[O-])cc2)O[C@H]1n1ccc(=O)[nH]c1=O. The van der Waals surface area contributed by atoms with E-state index in [4.69, 9.17) is 14.0 Å². The molecule has 1 aliphatic rings. The van der Waals surface area contributed by atoms with Crippen molar-refractivity contribution in [2.75, 3.05) is 11.9 Å². The molecular weight excluding hydrogens is 618 g/mol. The summed E-state index contributed by atoms with van der Waals surface area (Å²) in [6.07, 6.45) is -7.38. The Bertz CT molecular complexity index is 1680. The Morgan fingerprint density at radius 2 is 1.77 bits per heavy atom. The van der Waals surface area contributed by atoms with Gasteiger partial charge in [-0.15, -0.1) is 0 Å². The van der Waals surface area contributed by atoms with Gasteiger partial charge in [-0.2, -0.15) is 0 Å². The standard InChI is InChI=1S/C23H24N4O14P2/c28-18-10-11-26(22(30)25-18)21-20(40-23(31)24-15-4-2-1-3-5-15)19(29)17(39-21)12-38-43(36,37)41-42(34,35)13-14-6-8-16(9-7-14)27(32)33/h1-11,17,19-21,29H,12-13H2,(H,24,31)(H,34,35)(H,36,37)(H,25,28,30)/t17-,19-,20-,21-/m1/s1. The number of ether oxygens (including phenoxy) is 2. The second kappa shape index (κ2) is 13.1. The van der Waals surface area contributed by atoms with Crippen LogP contribution in [0.25, 0.3) is 0 Å². The number of para-hydroxylation sites is 1. The van der Waals surface area contributed by atoms with E-state index >= 15 is 0 Å². The summed E-state index contributed by atoms with van der Waals surface area (Å²) in [6, 6.07) is 13.4. The van der Waals surface area contributed by atoms with Crippen LogP contribution >= 0.6 is 15.4 Å². The van der Waals surface area contributed by atoms with E-state index in [0.717, 1.165) is 41.1 Å². The van der Waals surface area contributed by atoms with E-state index < -0.39 is 75.0 Å². The minimum Gasteiger partial charge on any atom is -0.438 e. The molecule has 230 valence electrons. The summed E-state index contributed by atoms with van der Waals surface area (Å²) in [4.78, 5) is 68.7. The molecule has 0 spiro atoms. The van der Waals surface area contributed by atoms with Crippen molar-refractivity contribution < 1.29 is 52.0 Å². The van der Waals surface area contributed by atoms with Crippen LogP contribution in [0.15, 0.2) is 76.4 Å². The largest absolute Gasteiger partial charge is 0.479 e. The van der Waals surface area contributed by atoms with Crippen molar-refractivity contribution >= 4 is 32.9 Å². The maximum absolute atomic E-state index is 12.5. The second-order valence-electron chi connectivity index (χ2n) is 9.00. The average Bonchev–Trinajstić information content (AvgIpc) is 3.22. The number of carbonyl (C=O) groups excluding carboxylic acids is 1. The van der Waals surface area contributed by atoms with Gasteiger partial charge in [-0.3, -0.25) is 38.9 Å². The topological polar surface area (TPSA) is 259 Å². The molecule has 1 saturated heterocycles. The number of rotatable bonds is 11. The number of nitrogens with one attached hydrogen (secondary N) is 2. The average molecular weight is 642 g/mol. The lowest BCUT2D eigenvalue weighted by Crippen LogP contribution is -2.41. The van der Waals surface area contributed by atoms with Crippen LogP contribution < -0.4 is 16.6 Å². The summed E-state index contributed by atoms with van der Waals surface area (Å²) in [6.45, 7) is -0.957. The van der Waals surface area contributed by atoms with Crippen molar-refractivity contribution in [2.45, 2.75) is 30.7 Å². The first-order valence-corrected chi connectivity index (χ1v) is 15.4. The molecule has 5 N–H and O–H groups in total. The van der Waals surface area contributed by atoms with Crippen LogP contribution in [0.3, 0.4) is 0 Å². The Balaban J connectivity index is 1.45. The number of nitro groups is 1. The first-order chi connectivity index (χ1) is 20.2. The van der Waals surface area contributed by atoms with Crippen LogP contribution in [0.2, 0.25) is 0 Å². The fourth-order valence-corrected chi connectivity index (χ4v) is 6.68. The van der Waals surface area contributed by atoms with Crippen molar-refractivity contribution in [3.63, 3.8) is 0 Å². The number of carbonyl (C=O) groups is 1. The summed E-state index contributed by atoms with van der Waals surface area (Å²) in [7, 11) is -10.2. The third kappa shape index (κ3) is 8.53. The highest BCUT2D eigenvalue weighted by molar-refractivity contribution is 7.63. The zero-order valence-electron chi connectivity index (χ0n) is 21.7. The van der Waals surface area contributed by atoms with E-state index in [-0.39, 0.29) is 11.3 Å². The van der Waals surface area contributed by atoms with Crippen LogP contribution in [0.5, 0.6) is 0 Å². The molecule has 0 saturated carbocycles. The number of aromatic amines is 1. The van der Waals surface area contributed by atoms with Gasteiger partial charge in [0.1, 0.15) is 12.2 Å². The molecule has 1 amide bonds. The number of hydrogen-bond donors (Lipinski definition) is 5. The Kier molecular flexibility index (Phi) is 9.74. The summed E-state index contributed by atoms with van der Waals surface area (Å²) in [5, 5.41) is 24.0. The molecule has 1 aliphatic heterocycles. The number of anilines is 1. The van der Waals surface area contributed by atoms with Gasteiger partial charge in [-0.05, 0) is 17.7 Å². The zero-order chi connectivity index (χ0) is 31.4. The molecule has 1 aromatic heterocycles. The number of hydrogen-bond acceptors (Lipinski definition) is 12. The minimum absolute atomic E-state index is 0.0777. The highest BCUT2D eigenvalue weighted by Gasteiger charge is 2.49. The summed E-state index contributed by atoms with van der Waals surface area (Å²) >= 11 is 0. The van der Waals surface area contributed by atoms with E-state index in [1.807, 2.05) is 4.98 Å². The molecule has 0 aliphatic carbocycles. The summed E-state index contributed by atoms with van der Waals surface area (Å²) in [5.41, 5.74) is -1.62. The number of nitro benzene ring substituents is 1. The number of phosphoric ester groups is 1.